The Bertz CT molecular complexity index is 85.5. The Morgan fingerprint density at radius 3 is 1.67 bits per heavy atom. The minimum absolute atomic E-state index is 0.270. The molecule has 56 valence electrons. The first-order valence-electron chi connectivity index (χ1n) is 2.99. The first-order chi connectivity index (χ1) is 3.85. The molecule has 0 radical (unpaired) electrons. The summed E-state index contributed by atoms with van der Waals surface area (Å²) >= 11 is 4.80. The predicted molar refractivity (Wildman–Crippen MR) is 59.1 cm³/mol. The fourth-order valence-corrected chi connectivity index (χ4v) is 1.17. The summed E-state index contributed by atoms with van der Waals surface area (Å²) in [5.74, 6) is 0. The van der Waals surface area contributed by atoms with E-state index < -0.39 is 0 Å². The first kappa shape index (κ1) is 10.4. The van der Waals surface area contributed by atoms with Crippen LogP contribution in [-0.4, -0.2) is 12.7 Å². The van der Waals surface area contributed by atoms with E-state index in [2.05, 4.69) is 76.3 Å². The van der Waals surface area contributed by atoms with Gasteiger partial charge in [-0.2, -0.15) is 0 Å². The highest BCUT2D eigenvalue weighted by Crippen LogP contribution is 2.28. The summed E-state index contributed by atoms with van der Waals surface area (Å²) in [6.07, 6.45) is 0. The highest BCUT2D eigenvalue weighted by Gasteiger charge is 2.22. The number of nitrogens with zero attached hydrogens (tertiary/aromatic N) is 1. The molecule has 0 heterocycles. The summed E-state index contributed by atoms with van der Waals surface area (Å²) in [6, 6.07) is 0.623. The van der Waals surface area contributed by atoms with Crippen LogP contribution in [-0.2, 0) is 0 Å². The van der Waals surface area contributed by atoms with Crippen LogP contribution in [0.2, 0.25) is 0 Å². The fourth-order valence-electron chi connectivity index (χ4n) is 0.614. The average Bonchev–Trinajstić information content (AvgIpc) is 1.62. The van der Waals surface area contributed by atoms with E-state index in [1.54, 1.807) is 0 Å². The third-order valence-electron chi connectivity index (χ3n) is 0.961. The van der Waals surface area contributed by atoms with E-state index in [-0.39, 0.29) is 3.55 Å². The van der Waals surface area contributed by atoms with E-state index in [1.807, 2.05) is 0 Å². The van der Waals surface area contributed by atoms with Crippen LogP contribution in [0.4, 0.5) is 0 Å². The van der Waals surface area contributed by atoms with Gasteiger partial charge in [0.05, 0.1) is 3.55 Å². The van der Waals surface area contributed by atoms with E-state index in [0.717, 1.165) is 0 Å². The second kappa shape index (κ2) is 3.71. The molecule has 0 fully saturated rings. The fraction of sp³-hybridized carbons (Fsp3) is 1.00. The molecule has 0 spiro atoms. The Labute approximate surface area is 85.2 Å². The SMILES string of the molecule is CC(C)N(I)C(C)(C)I. The molecule has 0 aliphatic carbocycles. The lowest BCUT2D eigenvalue weighted by Crippen LogP contribution is -2.35. The lowest BCUT2D eigenvalue weighted by atomic mass is 10.3. The Morgan fingerprint density at radius 2 is 1.67 bits per heavy atom. The molecule has 0 aliphatic heterocycles. The maximum Gasteiger partial charge on any atom is 0.0765 e. The highest BCUT2D eigenvalue weighted by atomic mass is 127. The Kier molecular flexibility index (Phi) is 4.29. The largest absolute Gasteiger partial charge is 0.230 e. The lowest BCUT2D eigenvalue weighted by molar-refractivity contribution is 0.352. The summed E-state index contributed by atoms with van der Waals surface area (Å²) in [7, 11) is 0. The standard InChI is InChI=1S/C6H13I2N/c1-5(2)9(8)6(3,4)7/h5H,1-4H3. The van der Waals surface area contributed by atoms with Gasteiger partial charge in [0, 0.05) is 28.9 Å². The quantitative estimate of drug-likeness (QED) is 0.319. The van der Waals surface area contributed by atoms with Gasteiger partial charge in [-0.25, -0.2) is 3.11 Å². The van der Waals surface area contributed by atoms with Gasteiger partial charge in [0.1, 0.15) is 0 Å². The first-order valence-corrected chi connectivity index (χ1v) is 5.04. The van der Waals surface area contributed by atoms with Crippen molar-refractivity contribution in [2.45, 2.75) is 37.3 Å². The van der Waals surface area contributed by atoms with Crippen LogP contribution >= 0.6 is 45.5 Å². The summed E-state index contributed by atoms with van der Waals surface area (Å²) in [6.45, 7) is 8.82. The zero-order valence-corrected chi connectivity index (χ0v) is 10.6. The van der Waals surface area contributed by atoms with Crippen LogP contribution in [0.1, 0.15) is 27.7 Å². The van der Waals surface area contributed by atoms with Gasteiger partial charge in [-0.15, -0.1) is 0 Å². The third-order valence-corrected chi connectivity index (χ3v) is 4.72. The van der Waals surface area contributed by atoms with Crippen molar-refractivity contribution >= 4 is 45.5 Å². The van der Waals surface area contributed by atoms with Crippen molar-refractivity contribution in [3.8, 4) is 0 Å². The topological polar surface area (TPSA) is 3.24 Å². The zero-order chi connectivity index (χ0) is 7.65. The van der Waals surface area contributed by atoms with Crippen molar-refractivity contribution in [3.63, 3.8) is 0 Å². The summed E-state index contributed by atoms with van der Waals surface area (Å²) in [4.78, 5) is 0. The van der Waals surface area contributed by atoms with Gasteiger partial charge in [-0.05, 0) is 27.7 Å². The average molecular weight is 353 g/mol. The molecule has 9 heavy (non-hydrogen) atoms. The van der Waals surface area contributed by atoms with Crippen molar-refractivity contribution < 1.29 is 0 Å². The van der Waals surface area contributed by atoms with Gasteiger partial charge in [-0.3, -0.25) is 0 Å². The summed E-state index contributed by atoms with van der Waals surface area (Å²) in [5, 5.41) is 0. The monoisotopic (exact) mass is 353 g/mol. The molecule has 0 bridgehead atoms. The minimum Gasteiger partial charge on any atom is -0.230 e. The molecule has 0 N–H and O–H groups in total. The molecule has 0 aromatic carbocycles. The van der Waals surface area contributed by atoms with Crippen LogP contribution in [0.5, 0.6) is 0 Å². The molecule has 0 saturated carbocycles. The van der Waals surface area contributed by atoms with E-state index >= 15 is 0 Å². The Balaban J connectivity index is 3.88. The molecule has 0 saturated heterocycles. The molecule has 0 rings (SSSR count). The molecule has 1 nitrogen and oxygen atoms in total. The van der Waals surface area contributed by atoms with Crippen molar-refractivity contribution in [1.29, 1.82) is 0 Å². The van der Waals surface area contributed by atoms with Crippen LogP contribution in [0, 0.1) is 0 Å². The van der Waals surface area contributed by atoms with Gasteiger partial charge in [0.2, 0.25) is 0 Å². The molecule has 0 aliphatic rings. The molecular formula is C6H13I2N. The number of rotatable bonds is 2. The van der Waals surface area contributed by atoms with Gasteiger partial charge in [0.25, 0.3) is 0 Å². The Hall–Kier alpha value is 1.42. The molecule has 0 aromatic heterocycles. The zero-order valence-electron chi connectivity index (χ0n) is 6.28. The highest BCUT2D eigenvalue weighted by molar-refractivity contribution is 14.1. The normalized spacial score (nSPS) is 13.3. The molecule has 0 atom stereocenters. The van der Waals surface area contributed by atoms with Gasteiger partial charge in [0.15, 0.2) is 0 Å². The lowest BCUT2D eigenvalue weighted by Gasteiger charge is -2.30. The van der Waals surface area contributed by atoms with Gasteiger partial charge in [-0.1, -0.05) is 22.6 Å². The number of alkyl halides is 1. The van der Waals surface area contributed by atoms with E-state index in [1.165, 1.54) is 0 Å². The van der Waals surface area contributed by atoms with Crippen molar-refractivity contribution in [2.75, 3.05) is 0 Å². The summed E-state index contributed by atoms with van der Waals surface area (Å²) in [5.41, 5.74) is 0. The van der Waals surface area contributed by atoms with Crippen molar-refractivity contribution in [1.82, 2.24) is 3.11 Å². The second-order valence-corrected chi connectivity index (χ2v) is 6.49. The van der Waals surface area contributed by atoms with Crippen LogP contribution < -0.4 is 0 Å². The second-order valence-electron chi connectivity index (χ2n) is 2.81. The molecule has 3 heteroatoms. The maximum absolute atomic E-state index is 2.44. The van der Waals surface area contributed by atoms with Gasteiger partial charge >= 0.3 is 0 Å². The summed E-state index contributed by atoms with van der Waals surface area (Å²) < 4.78 is 2.58. The smallest absolute Gasteiger partial charge is 0.0765 e. The van der Waals surface area contributed by atoms with E-state index in [4.69, 9.17) is 0 Å². The van der Waals surface area contributed by atoms with Crippen LogP contribution in [0.3, 0.4) is 0 Å². The van der Waals surface area contributed by atoms with E-state index in [9.17, 15) is 0 Å². The Morgan fingerprint density at radius 1 is 1.33 bits per heavy atom. The minimum atomic E-state index is 0.270. The number of hydrogen-bond donors (Lipinski definition) is 0. The molecule has 0 amide bonds. The van der Waals surface area contributed by atoms with E-state index in [0.29, 0.717) is 6.04 Å². The third kappa shape index (κ3) is 3.98. The van der Waals surface area contributed by atoms with Crippen molar-refractivity contribution in [3.05, 3.63) is 0 Å². The van der Waals surface area contributed by atoms with Crippen LogP contribution in [0.15, 0.2) is 0 Å². The maximum atomic E-state index is 2.44. The number of hydrogen-bond acceptors (Lipinski definition) is 1. The number of halogens is 2. The predicted octanol–water partition coefficient (Wildman–Crippen LogP) is 3.22. The van der Waals surface area contributed by atoms with Crippen LogP contribution in [0.25, 0.3) is 0 Å². The molecule has 0 aromatic rings. The molecular weight excluding hydrogens is 340 g/mol. The van der Waals surface area contributed by atoms with Crippen molar-refractivity contribution in [2.24, 2.45) is 0 Å². The van der Waals surface area contributed by atoms with Gasteiger partial charge < -0.3 is 0 Å². The molecule has 0 unspecified atom stereocenters.